The first kappa shape index (κ1) is 14.4. The Hall–Kier alpha value is -1.54. The van der Waals surface area contributed by atoms with Gasteiger partial charge >= 0.3 is 5.97 Å². The van der Waals surface area contributed by atoms with Gasteiger partial charge in [0.1, 0.15) is 16.5 Å². The van der Waals surface area contributed by atoms with Gasteiger partial charge in [0, 0.05) is 18.2 Å². The van der Waals surface area contributed by atoms with Gasteiger partial charge in [-0.25, -0.2) is 17.2 Å². The predicted octanol–water partition coefficient (Wildman–Crippen LogP) is 1.59. The van der Waals surface area contributed by atoms with Crippen molar-refractivity contribution >= 4 is 16.0 Å². The highest BCUT2D eigenvalue weighted by molar-refractivity contribution is 7.89. The van der Waals surface area contributed by atoms with E-state index in [2.05, 4.69) is 0 Å². The second-order valence-corrected chi connectivity index (χ2v) is 7.20. The third-order valence-electron chi connectivity index (χ3n) is 4.24. The van der Waals surface area contributed by atoms with Gasteiger partial charge in [-0.05, 0) is 31.4 Å². The zero-order chi connectivity index (χ0) is 15.4. The van der Waals surface area contributed by atoms with E-state index in [4.69, 9.17) is 5.11 Å². The Kier molecular flexibility index (Phi) is 3.25. The minimum Gasteiger partial charge on any atom is -0.481 e. The van der Waals surface area contributed by atoms with Crippen LogP contribution in [0, 0.1) is 17.6 Å². The van der Waals surface area contributed by atoms with Crippen molar-refractivity contribution in [2.75, 3.05) is 0 Å². The van der Waals surface area contributed by atoms with Gasteiger partial charge in [0.15, 0.2) is 0 Å². The van der Waals surface area contributed by atoms with E-state index >= 15 is 0 Å². The number of fused-ring (bicyclic) bond motifs is 2. The third kappa shape index (κ3) is 2.13. The maximum atomic E-state index is 13.8. The van der Waals surface area contributed by atoms with Gasteiger partial charge in [0.25, 0.3) is 0 Å². The van der Waals surface area contributed by atoms with Crippen molar-refractivity contribution in [1.29, 1.82) is 0 Å². The molecule has 3 rings (SSSR count). The molecule has 3 atom stereocenters. The lowest BCUT2D eigenvalue weighted by Gasteiger charge is -2.22. The molecule has 21 heavy (non-hydrogen) atoms. The zero-order valence-electron chi connectivity index (χ0n) is 10.9. The van der Waals surface area contributed by atoms with E-state index in [0.29, 0.717) is 18.9 Å². The molecule has 2 heterocycles. The van der Waals surface area contributed by atoms with Crippen LogP contribution in [0.4, 0.5) is 8.78 Å². The molecule has 0 spiro atoms. The molecule has 0 aromatic heterocycles. The SMILES string of the molecule is O=C(O)C1CC2CCC1N2S(=O)(=O)c1ccc(F)cc1F. The Morgan fingerprint density at radius 1 is 1.29 bits per heavy atom. The molecule has 2 aliphatic rings. The Balaban J connectivity index is 2.02. The van der Waals surface area contributed by atoms with Gasteiger partial charge in [0.2, 0.25) is 10.0 Å². The van der Waals surface area contributed by atoms with Crippen molar-refractivity contribution in [3.8, 4) is 0 Å². The number of hydrogen-bond acceptors (Lipinski definition) is 3. The van der Waals surface area contributed by atoms with Gasteiger partial charge in [-0.2, -0.15) is 4.31 Å². The Bertz CT molecular complexity index is 706. The molecule has 114 valence electrons. The second kappa shape index (κ2) is 4.74. The van der Waals surface area contributed by atoms with E-state index in [1.54, 1.807) is 0 Å². The minimum atomic E-state index is -4.16. The van der Waals surface area contributed by atoms with Crippen LogP contribution in [-0.4, -0.2) is 35.9 Å². The first-order valence-corrected chi connectivity index (χ1v) is 7.98. The molecule has 2 saturated heterocycles. The van der Waals surface area contributed by atoms with E-state index in [9.17, 15) is 22.0 Å². The lowest BCUT2D eigenvalue weighted by molar-refractivity contribution is -0.142. The number of carboxylic acid groups (broad SMARTS) is 1. The topological polar surface area (TPSA) is 74.7 Å². The molecule has 0 saturated carbocycles. The van der Waals surface area contributed by atoms with Crippen LogP contribution >= 0.6 is 0 Å². The summed E-state index contributed by atoms with van der Waals surface area (Å²) in [7, 11) is -4.16. The molecule has 1 aromatic rings. The Morgan fingerprint density at radius 3 is 2.57 bits per heavy atom. The highest BCUT2D eigenvalue weighted by Gasteiger charge is 2.54. The molecule has 2 aliphatic heterocycles. The molecule has 0 amide bonds. The van der Waals surface area contributed by atoms with Gasteiger partial charge in [-0.3, -0.25) is 4.79 Å². The lowest BCUT2D eigenvalue weighted by atomic mass is 9.89. The maximum absolute atomic E-state index is 13.8. The minimum absolute atomic E-state index is 0.238. The molecule has 2 bridgehead atoms. The van der Waals surface area contributed by atoms with Crippen LogP contribution < -0.4 is 0 Å². The van der Waals surface area contributed by atoms with E-state index < -0.39 is 50.5 Å². The molecular formula is C13H13F2NO4S. The van der Waals surface area contributed by atoms with Crippen molar-refractivity contribution in [2.45, 2.75) is 36.2 Å². The summed E-state index contributed by atoms with van der Waals surface area (Å²) in [6.45, 7) is 0. The summed E-state index contributed by atoms with van der Waals surface area (Å²) in [5.41, 5.74) is 0. The van der Waals surface area contributed by atoms with Crippen LogP contribution in [0.25, 0.3) is 0 Å². The number of carboxylic acids is 1. The summed E-state index contributed by atoms with van der Waals surface area (Å²) in [5.74, 6) is -3.82. The number of aliphatic carboxylic acids is 1. The van der Waals surface area contributed by atoms with Crippen molar-refractivity contribution in [3.05, 3.63) is 29.8 Å². The van der Waals surface area contributed by atoms with Gasteiger partial charge < -0.3 is 5.11 Å². The van der Waals surface area contributed by atoms with Gasteiger partial charge in [0.05, 0.1) is 5.92 Å². The average molecular weight is 317 g/mol. The fourth-order valence-corrected chi connectivity index (χ4v) is 5.34. The third-order valence-corrected chi connectivity index (χ3v) is 6.25. The Labute approximate surface area is 120 Å². The standard InChI is InChI=1S/C13H13F2NO4S/c14-7-1-4-12(10(15)5-7)21(19,20)16-8-2-3-11(16)9(6-8)13(17)18/h1,4-5,8-9,11H,2-3,6H2,(H,17,18). The molecule has 1 aromatic carbocycles. The fraction of sp³-hybridized carbons (Fsp3) is 0.462. The highest BCUT2D eigenvalue weighted by atomic mass is 32.2. The summed E-state index contributed by atoms with van der Waals surface area (Å²) in [4.78, 5) is 10.6. The summed E-state index contributed by atoms with van der Waals surface area (Å²) in [6.07, 6.45) is 1.25. The van der Waals surface area contributed by atoms with Crippen LogP contribution in [0.1, 0.15) is 19.3 Å². The molecule has 0 aliphatic carbocycles. The smallest absolute Gasteiger partial charge is 0.308 e. The van der Waals surface area contributed by atoms with Gasteiger partial charge in [-0.15, -0.1) is 0 Å². The number of benzene rings is 1. The quantitative estimate of drug-likeness (QED) is 0.919. The largest absolute Gasteiger partial charge is 0.481 e. The zero-order valence-corrected chi connectivity index (χ0v) is 11.7. The molecule has 0 radical (unpaired) electrons. The van der Waals surface area contributed by atoms with Gasteiger partial charge in [-0.1, -0.05) is 0 Å². The number of nitrogens with zero attached hydrogens (tertiary/aromatic N) is 1. The summed E-state index contributed by atoms with van der Waals surface area (Å²) < 4.78 is 52.9. The van der Waals surface area contributed by atoms with E-state index in [-0.39, 0.29) is 6.42 Å². The van der Waals surface area contributed by atoms with E-state index in [1.165, 1.54) is 0 Å². The number of rotatable bonds is 3. The fourth-order valence-electron chi connectivity index (χ4n) is 3.38. The van der Waals surface area contributed by atoms with Crippen LogP contribution in [0.5, 0.6) is 0 Å². The van der Waals surface area contributed by atoms with E-state index in [0.717, 1.165) is 16.4 Å². The van der Waals surface area contributed by atoms with Crippen molar-refractivity contribution in [3.63, 3.8) is 0 Å². The first-order chi connectivity index (χ1) is 9.82. The van der Waals surface area contributed by atoms with Crippen LogP contribution in [-0.2, 0) is 14.8 Å². The number of halogens is 2. The number of hydrogen-bond donors (Lipinski definition) is 1. The summed E-state index contributed by atoms with van der Waals surface area (Å²) in [6, 6.07) is 1.20. The summed E-state index contributed by atoms with van der Waals surface area (Å²) >= 11 is 0. The van der Waals surface area contributed by atoms with Crippen molar-refractivity contribution < 1.29 is 27.1 Å². The summed E-state index contributed by atoms with van der Waals surface area (Å²) in [5, 5.41) is 9.14. The molecule has 1 N–H and O–H groups in total. The van der Waals surface area contributed by atoms with E-state index in [1.807, 2.05) is 0 Å². The number of carbonyl (C=O) groups is 1. The van der Waals surface area contributed by atoms with Crippen molar-refractivity contribution in [1.82, 2.24) is 4.31 Å². The van der Waals surface area contributed by atoms with Crippen LogP contribution in [0.3, 0.4) is 0 Å². The molecular weight excluding hydrogens is 304 g/mol. The molecule has 3 unspecified atom stereocenters. The predicted molar refractivity (Wildman–Crippen MR) is 67.9 cm³/mol. The Morgan fingerprint density at radius 2 is 2.00 bits per heavy atom. The highest BCUT2D eigenvalue weighted by Crippen LogP contribution is 2.45. The average Bonchev–Trinajstić information content (AvgIpc) is 2.96. The monoisotopic (exact) mass is 317 g/mol. The number of sulfonamides is 1. The second-order valence-electron chi connectivity index (χ2n) is 5.39. The first-order valence-electron chi connectivity index (χ1n) is 6.54. The lowest BCUT2D eigenvalue weighted by Crippen LogP contribution is -2.38. The molecule has 5 nitrogen and oxygen atoms in total. The van der Waals surface area contributed by atoms with Crippen molar-refractivity contribution in [2.24, 2.45) is 5.92 Å². The molecule has 8 heteroatoms. The molecule has 2 fully saturated rings. The normalized spacial score (nSPS) is 29.0. The van der Waals surface area contributed by atoms with Crippen LogP contribution in [0.15, 0.2) is 23.1 Å². The van der Waals surface area contributed by atoms with Crippen LogP contribution in [0.2, 0.25) is 0 Å². The maximum Gasteiger partial charge on any atom is 0.308 e.